The van der Waals surface area contributed by atoms with Gasteiger partial charge in [0, 0.05) is 5.02 Å². The first-order valence-electron chi connectivity index (χ1n) is 6.30. The van der Waals surface area contributed by atoms with Gasteiger partial charge in [-0.05, 0) is 37.5 Å². The Balaban J connectivity index is 2.14. The van der Waals surface area contributed by atoms with E-state index >= 15 is 0 Å². The van der Waals surface area contributed by atoms with Gasteiger partial charge in [0.2, 0.25) is 0 Å². The quantitative estimate of drug-likeness (QED) is 0.676. The summed E-state index contributed by atoms with van der Waals surface area (Å²) in [5, 5.41) is 10.5. The van der Waals surface area contributed by atoms with Gasteiger partial charge in [0.05, 0.1) is 11.7 Å². The van der Waals surface area contributed by atoms with Crippen molar-refractivity contribution in [3.8, 4) is 5.75 Å². The van der Waals surface area contributed by atoms with Crippen molar-refractivity contribution in [2.75, 3.05) is 0 Å². The molecule has 1 aliphatic rings. The maximum absolute atomic E-state index is 11.0. The highest BCUT2D eigenvalue weighted by Crippen LogP contribution is 2.27. The van der Waals surface area contributed by atoms with Gasteiger partial charge in [-0.1, -0.05) is 24.4 Å². The predicted octanol–water partition coefficient (Wildman–Crippen LogP) is 3.22. The first-order valence-corrected chi connectivity index (χ1v) is 6.68. The van der Waals surface area contributed by atoms with Crippen LogP contribution in [0.25, 0.3) is 0 Å². The minimum atomic E-state index is -0.456. The molecule has 0 aliphatic heterocycles. The number of hydrogen-bond donors (Lipinski definition) is 1. The predicted molar refractivity (Wildman–Crippen MR) is 70.3 cm³/mol. The second kappa shape index (κ2) is 6.21. The fraction of sp³-hybridized carbons (Fsp3) is 0.500. The molecule has 1 aliphatic carbocycles. The molecule has 0 amide bonds. The van der Waals surface area contributed by atoms with Crippen molar-refractivity contribution in [3.05, 3.63) is 28.8 Å². The molecule has 2 atom stereocenters. The lowest BCUT2D eigenvalue weighted by Gasteiger charge is -2.22. The van der Waals surface area contributed by atoms with E-state index in [1.807, 2.05) is 0 Å². The lowest BCUT2D eigenvalue weighted by atomic mass is 10.1. The van der Waals surface area contributed by atoms with Gasteiger partial charge in [-0.15, -0.1) is 0 Å². The summed E-state index contributed by atoms with van der Waals surface area (Å²) in [5.41, 5.74) is 0.430. The molecule has 18 heavy (non-hydrogen) atoms. The Hall–Kier alpha value is -1.06. The monoisotopic (exact) mass is 268 g/mol. The highest BCUT2D eigenvalue weighted by atomic mass is 35.5. The molecule has 1 N–H and O–H groups in total. The molecule has 0 bridgehead atoms. The summed E-state index contributed by atoms with van der Waals surface area (Å²) in [6.45, 7) is 0. The van der Waals surface area contributed by atoms with E-state index in [1.165, 1.54) is 0 Å². The highest BCUT2D eigenvalue weighted by Gasteiger charge is 2.24. The highest BCUT2D eigenvalue weighted by molar-refractivity contribution is 6.30. The van der Waals surface area contributed by atoms with Crippen LogP contribution in [0.3, 0.4) is 0 Å². The zero-order chi connectivity index (χ0) is 13.0. The summed E-state index contributed by atoms with van der Waals surface area (Å²) in [6.07, 6.45) is 4.82. The van der Waals surface area contributed by atoms with Crippen LogP contribution < -0.4 is 4.74 Å². The van der Waals surface area contributed by atoms with Crippen LogP contribution in [0.1, 0.15) is 42.5 Å². The van der Waals surface area contributed by atoms with Gasteiger partial charge in [0.25, 0.3) is 0 Å². The topological polar surface area (TPSA) is 46.5 Å². The van der Waals surface area contributed by atoms with Crippen LogP contribution in [0.4, 0.5) is 0 Å². The molecule has 98 valence electrons. The number of aliphatic hydroxyl groups excluding tert-OH is 1. The van der Waals surface area contributed by atoms with E-state index < -0.39 is 6.10 Å². The van der Waals surface area contributed by atoms with Gasteiger partial charge in [0.1, 0.15) is 11.9 Å². The Kier molecular flexibility index (Phi) is 4.61. The number of benzene rings is 1. The number of carbonyl (C=O) groups is 1. The molecule has 4 heteroatoms. The van der Waals surface area contributed by atoms with Crippen LogP contribution in [-0.2, 0) is 0 Å². The van der Waals surface area contributed by atoms with Crippen molar-refractivity contribution in [3.63, 3.8) is 0 Å². The van der Waals surface area contributed by atoms with Crippen LogP contribution in [-0.4, -0.2) is 23.6 Å². The Morgan fingerprint density at radius 3 is 2.83 bits per heavy atom. The van der Waals surface area contributed by atoms with Crippen molar-refractivity contribution < 1.29 is 14.6 Å². The van der Waals surface area contributed by atoms with Crippen molar-refractivity contribution >= 4 is 17.9 Å². The van der Waals surface area contributed by atoms with Gasteiger partial charge in [-0.3, -0.25) is 4.79 Å². The second-order valence-electron chi connectivity index (χ2n) is 4.66. The van der Waals surface area contributed by atoms with Crippen LogP contribution in [0.15, 0.2) is 18.2 Å². The molecule has 1 aromatic rings. The molecule has 2 rings (SSSR count). The molecule has 0 saturated heterocycles. The summed E-state index contributed by atoms with van der Waals surface area (Å²) >= 11 is 5.83. The molecule has 0 radical (unpaired) electrons. The zero-order valence-corrected chi connectivity index (χ0v) is 10.9. The van der Waals surface area contributed by atoms with Gasteiger partial charge in [-0.25, -0.2) is 0 Å². The Bertz CT molecular complexity index is 420. The zero-order valence-electron chi connectivity index (χ0n) is 10.1. The van der Waals surface area contributed by atoms with Crippen molar-refractivity contribution in [1.29, 1.82) is 0 Å². The Labute approximate surface area is 112 Å². The largest absolute Gasteiger partial charge is 0.487 e. The number of ether oxygens (including phenoxy) is 1. The lowest BCUT2D eigenvalue weighted by molar-refractivity contribution is 0.0315. The first-order chi connectivity index (χ1) is 8.70. The standard InChI is InChI=1S/C14H17ClO3/c15-11-6-7-13(10(8-11)9-16)18-14-5-3-1-2-4-12(14)17/h6-9,12,14,17H,1-5H2. The Morgan fingerprint density at radius 1 is 1.28 bits per heavy atom. The maximum Gasteiger partial charge on any atom is 0.153 e. The van der Waals surface area contributed by atoms with Gasteiger partial charge in [0.15, 0.2) is 6.29 Å². The summed E-state index contributed by atoms with van der Waals surface area (Å²) in [6, 6.07) is 4.95. The van der Waals surface area contributed by atoms with E-state index in [9.17, 15) is 9.90 Å². The third-order valence-electron chi connectivity index (χ3n) is 3.29. The van der Waals surface area contributed by atoms with E-state index in [0.717, 1.165) is 38.4 Å². The number of carbonyl (C=O) groups excluding carboxylic acids is 1. The molecule has 1 saturated carbocycles. The van der Waals surface area contributed by atoms with E-state index in [4.69, 9.17) is 16.3 Å². The summed E-state index contributed by atoms with van der Waals surface area (Å²) in [5.74, 6) is 0.500. The van der Waals surface area contributed by atoms with Crippen molar-refractivity contribution in [2.45, 2.75) is 44.3 Å². The molecule has 2 unspecified atom stereocenters. The third-order valence-corrected chi connectivity index (χ3v) is 3.53. The van der Waals surface area contributed by atoms with E-state index in [2.05, 4.69) is 0 Å². The average Bonchev–Trinajstić information content (AvgIpc) is 2.57. The molecule has 1 fully saturated rings. The molecule has 0 aromatic heterocycles. The van der Waals surface area contributed by atoms with E-state index in [-0.39, 0.29) is 6.10 Å². The van der Waals surface area contributed by atoms with Gasteiger partial charge < -0.3 is 9.84 Å². The van der Waals surface area contributed by atoms with Crippen LogP contribution in [0.2, 0.25) is 5.02 Å². The SMILES string of the molecule is O=Cc1cc(Cl)ccc1OC1CCCCCC1O. The fourth-order valence-electron chi connectivity index (χ4n) is 2.27. The minimum Gasteiger partial charge on any atom is -0.487 e. The smallest absolute Gasteiger partial charge is 0.153 e. The van der Waals surface area contributed by atoms with Crippen LogP contribution in [0.5, 0.6) is 5.75 Å². The van der Waals surface area contributed by atoms with Gasteiger partial charge >= 0.3 is 0 Å². The second-order valence-corrected chi connectivity index (χ2v) is 5.10. The molecule has 3 nitrogen and oxygen atoms in total. The van der Waals surface area contributed by atoms with Crippen molar-refractivity contribution in [1.82, 2.24) is 0 Å². The summed E-state index contributed by atoms with van der Waals surface area (Å²) in [4.78, 5) is 11.0. The molecule has 0 spiro atoms. The lowest BCUT2D eigenvalue weighted by Crippen LogP contribution is -2.30. The normalized spacial score (nSPS) is 24.3. The number of hydrogen-bond acceptors (Lipinski definition) is 3. The summed E-state index contributed by atoms with van der Waals surface area (Å²) < 4.78 is 5.78. The molecular weight excluding hydrogens is 252 g/mol. The maximum atomic E-state index is 11.0. The average molecular weight is 269 g/mol. The van der Waals surface area contributed by atoms with Crippen molar-refractivity contribution in [2.24, 2.45) is 0 Å². The van der Waals surface area contributed by atoms with Crippen LogP contribution >= 0.6 is 11.6 Å². The molecule has 1 aromatic carbocycles. The Morgan fingerprint density at radius 2 is 2.06 bits per heavy atom. The number of halogens is 1. The third kappa shape index (κ3) is 3.24. The number of aliphatic hydroxyl groups is 1. The van der Waals surface area contributed by atoms with Gasteiger partial charge in [-0.2, -0.15) is 0 Å². The number of aldehydes is 1. The van der Waals surface area contributed by atoms with E-state index in [0.29, 0.717) is 16.3 Å². The molecule has 0 heterocycles. The van der Waals surface area contributed by atoms with Crippen LogP contribution in [0, 0.1) is 0 Å². The summed E-state index contributed by atoms with van der Waals surface area (Å²) in [7, 11) is 0. The fourth-order valence-corrected chi connectivity index (χ4v) is 2.45. The minimum absolute atomic E-state index is 0.229. The number of rotatable bonds is 3. The van der Waals surface area contributed by atoms with E-state index in [1.54, 1.807) is 18.2 Å². The molecular formula is C14H17ClO3. The first kappa shape index (κ1) is 13.4.